The van der Waals surface area contributed by atoms with E-state index in [0.29, 0.717) is 25.5 Å². The second-order valence-electron chi connectivity index (χ2n) is 11.0. The number of amides is 4. The highest BCUT2D eigenvalue weighted by atomic mass is 16.2. The fourth-order valence-electron chi connectivity index (χ4n) is 4.00. The van der Waals surface area contributed by atoms with E-state index in [4.69, 9.17) is 17.2 Å². The number of rotatable bonds is 23. The average molecular weight is 612 g/mol. The molecule has 0 heterocycles. The Balaban J connectivity index is 6.02. The summed E-state index contributed by atoms with van der Waals surface area (Å²) in [5.74, 6) is -3.39. The monoisotopic (exact) mass is 611 g/mol. The second kappa shape index (κ2) is 21.2. The molecule has 246 valence electrons. The van der Waals surface area contributed by atoms with Crippen LogP contribution in [-0.2, 0) is 28.8 Å². The van der Waals surface area contributed by atoms with Gasteiger partial charge in [0.15, 0.2) is 5.96 Å². The number of aldehydes is 2. The van der Waals surface area contributed by atoms with Crippen molar-refractivity contribution in [3.63, 3.8) is 0 Å². The van der Waals surface area contributed by atoms with Crippen LogP contribution in [0.2, 0.25) is 0 Å². The zero-order valence-electron chi connectivity index (χ0n) is 26.4. The molecule has 0 aromatic carbocycles. The quantitative estimate of drug-likeness (QED) is 0.0224. The molecule has 11 N–H and O–H groups in total. The van der Waals surface area contributed by atoms with E-state index in [1.54, 1.807) is 6.92 Å². The second-order valence-corrected chi connectivity index (χ2v) is 11.0. The maximum absolute atomic E-state index is 13.5. The normalized spacial score (nSPS) is 16.6. The van der Waals surface area contributed by atoms with Crippen LogP contribution in [0, 0.1) is 17.8 Å². The lowest BCUT2D eigenvalue weighted by atomic mass is 9.97. The number of guanidine groups is 1. The molecule has 0 aromatic rings. The third kappa shape index (κ3) is 14.9. The molecular weight excluding hydrogens is 558 g/mol. The van der Waals surface area contributed by atoms with Crippen LogP contribution in [0.5, 0.6) is 0 Å². The summed E-state index contributed by atoms with van der Waals surface area (Å²) >= 11 is 0. The predicted molar refractivity (Wildman–Crippen MR) is 164 cm³/mol. The molecule has 0 spiro atoms. The van der Waals surface area contributed by atoms with Gasteiger partial charge in [0.05, 0.1) is 18.5 Å². The Morgan fingerprint density at radius 1 is 0.698 bits per heavy atom. The largest absolute Gasteiger partial charge is 0.370 e. The Morgan fingerprint density at radius 3 is 1.70 bits per heavy atom. The van der Waals surface area contributed by atoms with Crippen molar-refractivity contribution in [3.05, 3.63) is 0 Å². The third-order valence-electron chi connectivity index (χ3n) is 7.63. The minimum absolute atomic E-state index is 0.00664. The first-order valence-electron chi connectivity index (χ1n) is 14.9. The molecule has 0 saturated heterocycles. The molecule has 0 unspecified atom stereocenters. The number of hydrazine groups is 1. The smallest absolute Gasteiger partial charge is 0.243 e. The van der Waals surface area contributed by atoms with Gasteiger partial charge >= 0.3 is 0 Å². The summed E-state index contributed by atoms with van der Waals surface area (Å²) in [4.78, 5) is 78.7. The first kappa shape index (κ1) is 39.4. The molecule has 0 aromatic heterocycles. The van der Waals surface area contributed by atoms with Gasteiger partial charge in [0.2, 0.25) is 23.6 Å². The molecule has 15 heteroatoms. The van der Waals surface area contributed by atoms with Gasteiger partial charge in [-0.15, -0.1) is 0 Å². The van der Waals surface area contributed by atoms with Crippen molar-refractivity contribution in [2.75, 3.05) is 6.54 Å². The van der Waals surface area contributed by atoms with Crippen molar-refractivity contribution in [2.24, 2.45) is 39.9 Å². The van der Waals surface area contributed by atoms with E-state index >= 15 is 0 Å². The van der Waals surface area contributed by atoms with Gasteiger partial charge in [-0.05, 0) is 30.6 Å². The van der Waals surface area contributed by atoms with Crippen LogP contribution in [0.3, 0.4) is 0 Å². The van der Waals surface area contributed by atoms with E-state index in [1.165, 1.54) is 0 Å². The van der Waals surface area contributed by atoms with Gasteiger partial charge in [-0.25, -0.2) is 10.9 Å². The SMILES string of the molecule is CC[C@H](C)[C@H](NN[C@H](C=O)[C@@H](C)CC)C(=O)N[C@@H](CCCN=C(N)N)C(=O)N[C@@H](CC(N)=O)C(=O)N[C@H](C=O)[C@@H](C)CC. The zero-order valence-corrected chi connectivity index (χ0v) is 26.4. The van der Waals surface area contributed by atoms with Crippen LogP contribution in [0.15, 0.2) is 4.99 Å². The van der Waals surface area contributed by atoms with Gasteiger partial charge < -0.3 is 42.7 Å². The fourth-order valence-corrected chi connectivity index (χ4v) is 4.00. The van der Waals surface area contributed by atoms with Gasteiger partial charge in [0, 0.05) is 6.54 Å². The Bertz CT molecular complexity index is 944. The number of carbonyl (C=O) groups is 6. The highest BCUT2D eigenvalue weighted by Crippen LogP contribution is 2.11. The van der Waals surface area contributed by atoms with Crippen molar-refractivity contribution in [2.45, 2.75) is 110 Å². The van der Waals surface area contributed by atoms with Crippen molar-refractivity contribution < 1.29 is 28.8 Å². The summed E-state index contributed by atoms with van der Waals surface area (Å²) in [6.07, 6.45) is 3.17. The standard InChI is InChI=1S/C28H53N9O6/c1-7-16(4)21(14-38)35-26(42)20(13-23(29)40)34-25(41)19(11-10-12-32-28(30)31)33-27(43)24(18(6)9-3)37-36-22(15-39)17(5)8-2/h14-22,24,36-37H,7-13H2,1-6H3,(H2,29,40)(H,33,43)(H,34,41)(H,35,42)(H4,30,31,32)/t16-,17-,18-,19-,20-,21+,22+,24-/m0/s1. The van der Waals surface area contributed by atoms with Gasteiger partial charge in [-0.2, -0.15) is 0 Å². The molecule has 0 aliphatic heterocycles. The van der Waals surface area contributed by atoms with Crippen LogP contribution < -0.4 is 44.0 Å². The molecular formula is C28H53N9O6. The molecule has 0 fully saturated rings. The number of carbonyl (C=O) groups excluding carboxylic acids is 6. The van der Waals surface area contributed by atoms with Gasteiger partial charge in [0.1, 0.15) is 30.7 Å². The van der Waals surface area contributed by atoms with Crippen molar-refractivity contribution >= 4 is 42.2 Å². The molecule has 0 radical (unpaired) electrons. The Labute approximate surface area is 254 Å². The minimum atomic E-state index is -1.39. The Hall–Kier alpha value is -3.59. The van der Waals surface area contributed by atoms with Crippen LogP contribution in [0.25, 0.3) is 0 Å². The summed E-state index contributed by atoms with van der Waals surface area (Å²) in [6.45, 7) is 11.4. The van der Waals surface area contributed by atoms with Gasteiger partial charge in [-0.3, -0.25) is 24.2 Å². The summed E-state index contributed by atoms with van der Waals surface area (Å²) in [6, 6.07) is -4.73. The molecule has 15 nitrogen and oxygen atoms in total. The lowest BCUT2D eigenvalue weighted by Crippen LogP contribution is -2.61. The number of primary amides is 1. The zero-order chi connectivity index (χ0) is 33.1. The average Bonchev–Trinajstić information content (AvgIpc) is 2.97. The molecule has 8 atom stereocenters. The summed E-state index contributed by atoms with van der Waals surface area (Å²) in [7, 11) is 0. The van der Waals surface area contributed by atoms with E-state index in [2.05, 4.69) is 31.8 Å². The highest BCUT2D eigenvalue weighted by molar-refractivity contribution is 5.95. The molecule has 4 amide bonds. The van der Waals surface area contributed by atoms with Gasteiger partial charge in [0.25, 0.3) is 0 Å². The van der Waals surface area contributed by atoms with E-state index in [9.17, 15) is 28.8 Å². The Kier molecular flexibility index (Phi) is 19.4. The highest BCUT2D eigenvalue weighted by Gasteiger charge is 2.32. The van der Waals surface area contributed by atoms with E-state index in [0.717, 1.165) is 12.7 Å². The van der Waals surface area contributed by atoms with Crippen LogP contribution >= 0.6 is 0 Å². The summed E-state index contributed by atoms with van der Waals surface area (Å²) in [5.41, 5.74) is 22.0. The number of hydrogen-bond donors (Lipinski definition) is 8. The summed E-state index contributed by atoms with van der Waals surface area (Å²) in [5, 5.41) is 7.78. The molecule has 0 bridgehead atoms. The third-order valence-corrected chi connectivity index (χ3v) is 7.63. The maximum atomic E-state index is 13.5. The molecule has 0 aliphatic rings. The lowest BCUT2D eigenvalue weighted by Gasteiger charge is -2.29. The van der Waals surface area contributed by atoms with Crippen molar-refractivity contribution in [3.8, 4) is 0 Å². The fraction of sp³-hybridized carbons (Fsp3) is 0.750. The first-order chi connectivity index (χ1) is 20.2. The minimum Gasteiger partial charge on any atom is -0.370 e. The number of nitrogens with two attached hydrogens (primary N) is 3. The number of nitrogens with zero attached hydrogens (tertiary/aromatic N) is 1. The van der Waals surface area contributed by atoms with Crippen LogP contribution in [0.4, 0.5) is 0 Å². The van der Waals surface area contributed by atoms with Crippen molar-refractivity contribution in [1.29, 1.82) is 0 Å². The number of aliphatic imine (C=N–C) groups is 1. The number of nitrogens with one attached hydrogen (secondary N) is 5. The van der Waals surface area contributed by atoms with E-state index < -0.39 is 60.3 Å². The molecule has 0 aliphatic carbocycles. The van der Waals surface area contributed by atoms with E-state index in [-0.39, 0.29) is 36.7 Å². The maximum Gasteiger partial charge on any atom is 0.243 e. The summed E-state index contributed by atoms with van der Waals surface area (Å²) < 4.78 is 0. The molecule has 0 rings (SSSR count). The lowest BCUT2D eigenvalue weighted by molar-refractivity contribution is -0.135. The first-order valence-corrected chi connectivity index (χ1v) is 14.9. The Morgan fingerprint density at radius 2 is 1.21 bits per heavy atom. The van der Waals surface area contributed by atoms with Crippen LogP contribution in [-0.4, -0.2) is 78.9 Å². The molecule has 43 heavy (non-hydrogen) atoms. The van der Waals surface area contributed by atoms with Crippen molar-refractivity contribution in [1.82, 2.24) is 26.8 Å². The molecule has 0 saturated carbocycles. The van der Waals surface area contributed by atoms with Crippen LogP contribution in [0.1, 0.15) is 80.1 Å². The van der Waals surface area contributed by atoms with Gasteiger partial charge in [-0.1, -0.05) is 60.8 Å². The topological polar surface area (TPSA) is 253 Å². The number of hydrogen-bond acceptors (Lipinski definition) is 9. The predicted octanol–water partition coefficient (Wildman–Crippen LogP) is -1.26. The van der Waals surface area contributed by atoms with E-state index in [1.807, 2.05) is 34.6 Å².